The van der Waals surface area contributed by atoms with E-state index in [1.807, 2.05) is 49.1 Å². The smallest absolute Gasteiger partial charge is 0.319 e. The van der Waals surface area contributed by atoms with Gasteiger partial charge in [0.2, 0.25) is 10.0 Å². The number of carbonyl (C=O) groups excluding carboxylic acids is 2. The molecule has 0 radical (unpaired) electrons. The van der Waals surface area contributed by atoms with Gasteiger partial charge < -0.3 is 19.7 Å². The van der Waals surface area contributed by atoms with Gasteiger partial charge in [0.1, 0.15) is 5.56 Å². The number of carbonyl (C=O) groups is 2. The Labute approximate surface area is 286 Å². The first-order chi connectivity index (χ1) is 22.7. The van der Waals surface area contributed by atoms with Gasteiger partial charge >= 0.3 is 6.03 Å². The molecule has 2 fully saturated rings. The van der Waals surface area contributed by atoms with Gasteiger partial charge in [0, 0.05) is 90.8 Å². The first kappa shape index (κ1) is 37.6. The van der Waals surface area contributed by atoms with E-state index in [2.05, 4.69) is 29.0 Å². The third-order valence-electron chi connectivity index (χ3n) is 9.78. The second-order valence-corrected chi connectivity index (χ2v) is 15.7. The third-order valence-corrected chi connectivity index (χ3v) is 11.1. The largest absolute Gasteiger partial charge is 0.331 e. The molecule has 0 unspecified atom stereocenters. The number of hydrogen-bond acceptors (Lipinski definition) is 7. The fourth-order valence-electron chi connectivity index (χ4n) is 7.14. The van der Waals surface area contributed by atoms with Gasteiger partial charge in [-0.3, -0.25) is 19.4 Å². The number of piperidine rings is 1. The molecule has 1 N–H and O–H groups in total. The SMILES string of the molecule is CC[C@H]1C[C@@H](/C=C/NC(=O)c2cc3ccccc3n(C(C)C)c2=O)C[C@@H](C)N1CCN(CCN1CCN(C(=O)N(C)C)CC1)S(C)(=O)=O. The lowest BCUT2D eigenvalue weighted by molar-refractivity contribution is 0.0651. The zero-order valence-electron chi connectivity index (χ0n) is 29.8. The molecule has 0 saturated carbocycles. The van der Waals surface area contributed by atoms with Crippen LogP contribution in [0.25, 0.3) is 10.9 Å². The fraction of sp³-hybridized carbons (Fsp3) is 0.629. The minimum atomic E-state index is -3.39. The Kier molecular flexibility index (Phi) is 12.9. The summed E-state index contributed by atoms with van der Waals surface area (Å²) in [4.78, 5) is 46.7. The van der Waals surface area contributed by atoms with Gasteiger partial charge in [-0.2, -0.15) is 4.31 Å². The Morgan fingerprint density at radius 1 is 1.04 bits per heavy atom. The lowest BCUT2D eigenvalue weighted by atomic mass is 9.85. The minimum Gasteiger partial charge on any atom is -0.331 e. The molecule has 12 nitrogen and oxygen atoms in total. The molecule has 1 aromatic carbocycles. The van der Waals surface area contributed by atoms with E-state index in [0.29, 0.717) is 39.3 Å². The summed E-state index contributed by atoms with van der Waals surface area (Å²) in [6.45, 7) is 13.1. The van der Waals surface area contributed by atoms with Crippen LogP contribution in [0.2, 0.25) is 0 Å². The van der Waals surface area contributed by atoms with Crippen LogP contribution in [0, 0.1) is 5.92 Å². The number of amides is 3. The molecule has 1 aromatic heterocycles. The minimum absolute atomic E-state index is 0.00857. The van der Waals surface area contributed by atoms with E-state index >= 15 is 0 Å². The second-order valence-electron chi connectivity index (χ2n) is 13.8. The van der Waals surface area contributed by atoms with E-state index in [0.717, 1.165) is 43.3 Å². The quantitative estimate of drug-likeness (QED) is 0.365. The predicted molar refractivity (Wildman–Crippen MR) is 192 cm³/mol. The molecule has 3 atom stereocenters. The van der Waals surface area contributed by atoms with Crippen LogP contribution >= 0.6 is 0 Å². The van der Waals surface area contributed by atoms with E-state index in [1.165, 1.54) is 6.26 Å². The summed E-state index contributed by atoms with van der Waals surface area (Å²) < 4.78 is 28.8. The first-order valence-corrected chi connectivity index (χ1v) is 19.1. The van der Waals surface area contributed by atoms with Crippen molar-refractivity contribution in [1.29, 1.82) is 0 Å². The van der Waals surface area contributed by atoms with E-state index < -0.39 is 15.9 Å². The molecule has 2 aromatic rings. The molecule has 0 bridgehead atoms. The lowest BCUT2D eigenvalue weighted by Crippen LogP contribution is -2.53. The van der Waals surface area contributed by atoms with Gasteiger partial charge in [-0.1, -0.05) is 31.2 Å². The zero-order valence-corrected chi connectivity index (χ0v) is 30.6. The van der Waals surface area contributed by atoms with Gasteiger partial charge in [0.05, 0.1) is 11.8 Å². The topological polar surface area (TPSA) is 119 Å². The number of hydrogen-bond donors (Lipinski definition) is 1. The van der Waals surface area contributed by atoms with Crippen LogP contribution < -0.4 is 10.9 Å². The number of sulfonamides is 1. The number of para-hydroxylation sites is 1. The lowest BCUT2D eigenvalue weighted by Gasteiger charge is -2.44. The van der Waals surface area contributed by atoms with Crippen LogP contribution in [0.3, 0.4) is 0 Å². The molecule has 48 heavy (non-hydrogen) atoms. The van der Waals surface area contributed by atoms with Crippen LogP contribution in [0.15, 0.2) is 47.4 Å². The molecular weight excluding hydrogens is 630 g/mol. The van der Waals surface area contributed by atoms with Crippen molar-refractivity contribution in [2.24, 2.45) is 5.92 Å². The molecule has 3 heterocycles. The van der Waals surface area contributed by atoms with Crippen LogP contribution in [0.5, 0.6) is 0 Å². The number of allylic oxidation sites excluding steroid dienone is 1. The Morgan fingerprint density at radius 2 is 1.71 bits per heavy atom. The number of nitrogens with one attached hydrogen (secondary N) is 1. The van der Waals surface area contributed by atoms with E-state index in [-0.39, 0.29) is 41.2 Å². The summed E-state index contributed by atoms with van der Waals surface area (Å²) in [5.74, 6) is -0.173. The Hall–Kier alpha value is -3.26. The van der Waals surface area contributed by atoms with Crippen molar-refractivity contribution in [1.82, 2.24) is 33.8 Å². The molecule has 3 amide bonds. The standard InChI is InChI=1S/C35H55N7O5S/c1-8-30-24-28(13-14-36-33(43)31-25-29-11-9-10-12-32(29)42(26(2)3)34(31)44)23-27(4)41(30)22-21-40(48(7,46)47)20-17-38-15-18-39(19-16-38)35(45)37(5)6/h9-14,25-28,30H,8,15-24H2,1-7H3,(H,36,43)/b14-13+/t27-,28+,30+/m1/s1. The van der Waals surface area contributed by atoms with Gasteiger partial charge in [0.15, 0.2) is 0 Å². The molecule has 0 aliphatic carbocycles. The number of fused-ring (bicyclic) bond motifs is 1. The molecular formula is C35H55N7O5S. The van der Waals surface area contributed by atoms with Crippen molar-refractivity contribution in [3.8, 4) is 0 Å². The van der Waals surface area contributed by atoms with Crippen LogP contribution in [-0.2, 0) is 10.0 Å². The molecule has 2 aliphatic heterocycles. The maximum Gasteiger partial charge on any atom is 0.319 e. The summed E-state index contributed by atoms with van der Waals surface area (Å²) in [5, 5.41) is 3.69. The highest BCUT2D eigenvalue weighted by Crippen LogP contribution is 2.30. The summed E-state index contributed by atoms with van der Waals surface area (Å²) in [7, 11) is 0.117. The summed E-state index contributed by atoms with van der Waals surface area (Å²) in [6, 6.07) is 9.70. The number of pyridine rings is 1. The van der Waals surface area contributed by atoms with Crippen molar-refractivity contribution < 1.29 is 18.0 Å². The number of rotatable bonds is 12. The maximum atomic E-state index is 13.3. The van der Waals surface area contributed by atoms with Crippen LogP contribution in [-0.4, -0.2) is 134 Å². The molecule has 0 spiro atoms. The second kappa shape index (κ2) is 16.4. The molecule has 2 aliphatic rings. The van der Waals surface area contributed by atoms with Crippen molar-refractivity contribution in [2.75, 3.05) is 72.7 Å². The number of piperazine rings is 1. The average molecular weight is 686 g/mol. The van der Waals surface area contributed by atoms with Gasteiger partial charge in [-0.05, 0) is 63.5 Å². The predicted octanol–water partition coefficient (Wildman–Crippen LogP) is 3.27. The number of likely N-dealkylation sites (tertiary alicyclic amines) is 1. The summed E-state index contributed by atoms with van der Waals surface area (Å²) in [5.41, 5.74) is 0.632. The fourth-order valence-corrected chi connectivity index (χ4v) is 7.97. The molecule has 4 rings (SSSR count). The average Bonchev–Trinajstić information content (AvgIpc) is 3.03. The summed E-state index contributed by atoms with van der Waals surface area (Å²) in [6.07, 6.45) is 7.71. The molecule has 2 saturated heterocycles. The Morgan fingerprint density at radius 3 is 2.33 bits per heavy atom. The zero-order chi connectivity index (χ0) is 35.2. The third kappa shape index (κ3) is 9.25. The number of urea groups is 1. The van der Waals surface area contributed by atoms with Crippen LogP contribution in [0.4, 0.5) is 4.79 Å². The van der Waals surface area contributed by atoms with E-state index in [9.17, 15) is 22.8 Å². The van der Waals surface area contributed by atoms with Crippen molar-refractivity contribution in [3.05, 3.63) is 58.5 Å². The monoisotopic (exact) mass is 685 g/mol. The molecule has 266 valence electrons. The van der Waals surface area contributed by atoms with Gasteiger partial charge in [-0.15, -0.1) is 0 Å². The number of benzene rings is 1. The van der Waals surface area contributed by atoms with Gasteiger partial charge in [0.25, 0.3) is 11.5 Å². The number of nitrogens with zero attached hydrogens (tertiary/aromatic N) is 6. The normalized spacial score (nSPS) is 21.4. The Bertz CT molecular complexity index is 1610. The Balaban J connectivity index is 1.32. The van der Waals surface area contributed by atoms with Gasteiger partial charge in [-0.25, -0.2) is 13.2 Å². The first-order valence-electron chi connectivity index (χ1n) is 17.2. The highest BCUT2D eigenvalue weighted by atomic mass is 32.2. The maximum absolute atomic E-state index is 13.3. The molecule has 13 heteroatoms. The van der Waals surface area contributed by atoms with E-state index in [4.69, 9.17) is 0 Å². The summed E-state index contributed by atoms with van der Waals surface area (Å²) >= 11 is 0. The number of aromatic nitrogens is 1. The van der Waals surface area contributed by atoms with Crippen LogP contribution in [0.1, 0.15) is 63.4 Å². The van der Waals surface area contributed by atoms with Crippen molar-refractivity contribution in [2.45, 2.75) is 65.1 Å². The highest BCUT2D eigenvalue weighted by Gasteiger charge is 2.32. The van der Waals surface area contributed by atoms with Crippen molar-refractivity contribution >= 4 is 32.9 Å². The van der Waals surface area contributed by atoms with Crippen molar-refractivity contribution in [3.63, 3.8) is 0 Å². The van der Waals surface area contributed by atoms with E-state index in [1.54, 1.807) is 40.1 Å². The highest BCUT2D eigenvalue weighted by molar-refractivity contribution is 7.88.